The zero-order valence-corrected chi connectivity index (χ0v) is 17.4. The van der Waals surface area contributed by atoms with Gasteiger partial charge in [0.2, 0.25) is 15.9 Å². The maximum atomic E-state index is 14.0. The zero-order chi connectivity index (χ0) is 22.0. The minimum absolute atomic E-state index is 0.0194. The number of sulfonamides is 1. The van der Waals surface area contributed by atoms with E-state index in [1.54, 1.807) is 4.90 Å². The van der Waals surface area contributed by atoms with Crippen molar-refractivity contribution in [2.75, 3.05) is 26.2 Å². The quantitative estimate of drug-likeness (QED) is 0.607. The Bertz CT molecular complexity index is 1150. The summed E-state index contributed by atoms with van der Waals surface area (Å²) in [5, 5.41) is 0. The van der Waals surface area contributed by atoms with Crippen LogP contribution in [0.1, 0.15) is 5.56 Å². The van der Waals surface area contributed by atoms with Crippen molar-refractivity contribution in [2.45, 2.75) is 11.3 Å². The fraction of sp³-hybridized carbons (Fsp3) is 0.227. The number of carbonyl (C=O) groups is 1. The molecule has 1 aliphatic heterocycles. The molecule has 2 heterocycles. The van der Waals surface area contributed by atoms with E-state index in [9.17, 15) is 22.0 Å². The van der Waals surface area contributed by atoms with E-state index in [1.165, 1.54) is 0 Å². The normalized spacial score (nSPS) is 15.2. The molecule has 1 fully saturated rings. The van der Waals surface area contributed by atoms with Crippen LogP contribution in [0, 0.1) is 11.6 Å². The van der Waals surface area contributed by atoms with E-state index in [2.05, 4.69) is 0 Å². The smallest absolute Gasteiger partial charge is 0.249 e. The van der Waals surface area contributed by atoms with Gasteiger partial charge in [-0.25, -0.2) is 17.2 Å². The van der Waals surface area contributed by atoms with Gasteiger partial charge in [0.05, 0.1) is 6.42 Å². The van der Waals surface area contributed by atoms with E-state index in [-0.39, 0.29) is 38.5 Å². The Hall–Kier alpha value is -3.04. The van der Waals surface area contributed by atoms with Crippen molar-refractivity contribution in [3.8, 4) is 5.69 Å². The fourth-order valence-electron chi connectivity index (χ4n) is 3.61. The molecule has 0 N–H and O–H groups in total. The first-order valence-electron chi connectivity index (χ1n) is 9.80. The molecule has 9 heteroatoms. The van der Waals surface area contributed by atoms with Gasteiger partial charge in [-0.3, -0.25) is 4.79 Å². The number of piperazine rings is 1. The van der Waals surface area contributed by atoms with Gasteiger partial charge in [-0.05, 0) is 42.0 Å². The van der Waals surface area contributed by atoms with Gasteiger partial charge < -0.3 is 9.47 Å². The molecular weight excluding hydrogens is 424 g/mol. The summed E-state index contributed by atoms with van der Waals surface area (Å²) in [6.07, 6.45) is 4.06. The lowest BCUT2D eigenvalue weighted by Gasteiger charge is -2.34. The van der Waals surface area contributed by atoms with Crippen LogP contribution in [0.3, 0.4) is 0 Å². The Kier molecular flexibility index (Phi) is 5.88. The molecule has 0 spiro atoms. The molecule has 1 aromatic heterocycles. The lowest BCUT2D eigenvalue weighted by Crippen LogP contribution is -2.51. The summed E-state index contributed by atoms with van der Waals surface area (Å²) in [6, 6.07) is 14.4. The van der Waals surface area contributed by atoms with E-state index in [0.717, 1.165) is 33.8 Å². The van der Waals surface area contributed by atoms with Crippen molar-refractivity contribution in [2.24, 2.45) is 0 Å². The highest BCUT2D eigenvalue weighted by atomic mass is 32.2. The van der Waals surface area contributed by atoms with E-state index in [4.69, 9.17) is 0 Å². The Morgan fingerprint density at radius 2 is 1.42 bits per heavy atom. The average molecular weight is 445 g/mol. The number of hydrogen-bond donors (Lipinski definition) is 0. The molecule has 31 heavy (non-hydrogen) atoms. The van der Waals surface area contributed by atoms with Crippen LogP contribution in [0.2, 0.25) is 0 Å². The molecule has 162 valence electrons. The fourth-order valence-corrected chi connectivity index (χ4v) is 5.15. The van der Waals surface area contributed by atoms with Gasteiger partial charge in [0.1, 0.15) is 11.6 Å². The third kappa shape index (κ3) is 4.38. The number of amides is 1. The predicted molar refractivity (Wildman–Crippen MR) is 111 cm³/mol. The van der Waals surface area contributed by atoms with Gasteiger partial charge in [0.15, 0.2) is 4.90 Å². The van der Waals surface area contributed by atoms with Crippen molar-refractivity contribution >= 4 is 15.9 Å². The lowest BCUT2D eigenvalue weighted by molar-refractivity contribution is -0.131. The second-order valence-electron chi connectivity index (χ2n) is 7.27. The van der Waals surface area contributed by atoms with Crippen LogP contribution in [0.4, 0.5) is 8.78 Å². The van der Waals surface area contributed by atoms with Gasteiger partial charge in [0, 0.05) is 44.3 Å². The van der Waals surface area contributed by atoms with Crippen LogP contribution < -0.4 is 0 Å². The van der Waals surface area contributed by atoms with Crippen molar-refractivity contribution in [1.82, 2.24) is 13.8 Å². The summed E-state index contributed by atoms with van der Waals surface area (Å²) in [5.41, 5.74) is 1.84. The molecule has 0 saturated carbocycles. The summed E-state index contributed by atoms with van der Waals surface area (Å²) < 4.78 is 56.2. The number of rotatable bonds is 5. The molecule has 1 aliphatic rings. The third-order valence-electron chi connectivity index (χ3n) is 5.30. The SMILES string of the molecule is O=C(Cc1ccc(-n2cccc2)cc1)N1CCN(S(=O)(=O)c2c(F)cccc2F)CC1. The average Bonchev–Trinajstić information content (AvgIpc) is 3.29. The summed E-state index contributed by atoms with van der Waals surface area (Å²) in [4.78, 5) is 13.3. The second-order valence-corrected chi connectivity index (χ2v) is 9.14. The Morgan fingerprint density at radius 1 is 0.839 bits per heavy atom. The van der Waals surface area contributed by atoms with E-state index in [1.807, 2.05) is 53.4 Å². The molecule has 1 amide bonds. The molecule has 1 saturated heterocycles. The van der Waals surface area contributed by atoms with Crippen molar-refractivity contribution in [3.63, 3.8) is 0 Å². The van der Waals surface area contributed by atoms with E-state index in [0.29, 0.717) is 0 Å². The van der Waals surface area contributed by atoms with Crippen molar-refractivity contribution < 1.29 is 22.0 Å². The van der Waals surface area contributed by atoms with Crippen molar-refractivity contribution in [1.29, 1.82) is 0 Å². The minimum Gasteiger partial charge on any atom is -0.340 e. The number of nitrogens with zero attached hydrogens (tertiary/aromatic N) is 3. The zero-order valence-electron chi connectivity index (χ0n) is 16.6. The highest BCUT2D eigenvalue weighted by Crippen LogP contribution is 2.23. The topological polar surface area (TPSA) is 62.6 Å². The largest absolute Gasteiger partial charge is 0.340 e. The van der Waals surface area contributed by atoms with Crippen LogP contribution in [-0.2, 0) is 21.2 Å². The number of benzene rings is 2. The molecule has 0 atom stereocenters. The molecule has 2 aromatic carbocycles. The minimum atomic E-state index is -4.31. The molecule has 4 rings (SSSR count). The molecule has 0 radical (unpaired) electrons. The Morgan fingerprint density at radius 3 is 2.00 bits per heavy atom. The van der Waals surface area contributed by atoms with Crippen LogP contribution >= 0.6 is 0 Å². The Balaban J connectivity index is 1.38. The molecule has 0 aliphatic carbocycles. The molecule has 6 nitrogen and oxygen atoms in total. The van der Waals surface area contributed by atoms with Gasteiger partial charge in [-0.2, -0.15) is 4.31 Å². The van der Waals surface area contributed by atoms with Gasteiger partial charge in [-0.15, -0.1) is 0 Å². The first-order valence-corrected chi connectivity index (χ1v) is 11.2. The van der Waals surface area contributed by atoms with Crippen LogP contribution in [0.15, 0.2) is 71.9 Å². The third-order valence-corrected chi connectivity index (χ3v) is 7.25. The number of halogens is 2. The lowest BCUT2D eigenvalue weighted by atomic mass is 10.1. The first kappa shape index (κ1) is 21.2. The highest BCUT2D eigenvalue weighted by Gasteiger charge is 2.34. The van der Waals surface area contributed by atoms with Crippen LogP contribution in [-0.4, -0.2) is 54.3 Å². The number of carbonyl (C=O) groups excluding carboxylic acids is 1. The summed E-state index contributed by atoms with van der Waals surface area (Å²) in [5.74, 6) is -2.37. The first-order chi connectivity index (χ1) is 14.9. The molecule has 3 aromatic rings. The van der Waals surface area contributed by atoms with E-state index >= 15 is 0 Å². The summed E-state index contributed by atoms with van der Waals surface area (Å²) in [6.45, 7) is 0.286. The molecular formula is C22H21F2N3O3S. The molecule has 0 unspecified atom stereocenters. The second kappa shape index (κ2) is 8.60. The van der Waals surface area contributed by atoms with Crippen LogP contribution in [0.25, 0.3) is 5.69 Å². The highest BCUT2D eigenvalue weighted by molar-refractivity contribution is 7.89. The van der Waals surface area contributed by atoms with Gasteiger partial charge >= 0.3 is 0 Å². The standard InChI is InChI=1S/C22H21F2N3O3S/c23-19-4-3-5-20(24)22(19)31(29,30)27-14-12-26(13-15-27)21(28)16-17-6-8-18(9-7-17)25-10-1-2-11-25/h1-11H,12-16H2. The summed E-state index contributed by atoms with van der Waals surface area (Å²) in [7, 11) is -4.31. The maximum absolute atomic E-state index is 14.0. The Labute approximate surface area is 179 Å². The maximum Gasteiger partial charge on any atom is 0.249 e. The van der Waals surface area contributed by atoms with E-state index < -0.39 is 26.6 Å². The van der Waals surface area contributed by atoms with Gasteiger partial charge in [-0.1, -0.05) is 18.2 Å². The predicted octanol–water partition coefficient (Wildman–Crippen LogP) is 2.83. The van der Waals surface area contributed by atoms with Gasteiger partial charge in [0.25, 0.3) is 0 Å². The number of aromatic nitrogens is 1. The summed E-state index contributed by atoms with van der Waals surface area (Å²) >= 11 is 0. The number of hydrogen-bond acceptors (Lipinski definition) is 3. The molecule has 0 bridgehead atoms. The van der Waals surface area contributed by atoms with Crippen molar-refractivity contribution in [3.05, 3.63) is 84.2 Å². The monoisotopic (exact) mass is 445 g/mol. The van der Waals surface area contributed by atoms with Crippen LogP contribution in [0.5, 0.6) is 0 Å².